The van der Waals surface area contributed by atoms with Crippen molar-refractivity contribution in [2.24, 2.45) is 0 Å². The van der Waals surface area contributed by atoms with E-state index in [-0.39, 0.29) is 17.0 Å². The summed E-state index contributed by atoms with van der Waals surface area (Å²) in [5.74, 6) is 0.758. The lowest BCUT2D eigenvalue weighted by molar-refractivity contribution is 0.216. The third kappa shape index (κ3) is 3.38. The molecule has 0 spiro atoms. The average Bonchev–Trinajstić information content (AvgIpc) is 3.37. The van der Waals surface area contributed by atoms with Gasteiger partial charge in [-0.3, -0.25) is 4.90 Å². The van der Waals surface area contributed by atoms with Gasteiger partial charge in [0.2, 0.25) is 0 Å². The van der Waals surface area contributed by atoms with Gasteiger partial charge in [-0.2, -0.15) is 0 Å². The van der Waals surface area contributed by atoms with Crippen LogP contribution in [0.1, 0.15) is 30.4 Å². The molecule has 0 N–H and O–H groups in total. The molecule has 2 aromatic rings. The highest BCUT2D eigenvalue weighted by atomic mass is 79.9. The molecular formula is C21H27BrN2. The van der Waals surface area contributed by atoms with Gasteiger partial charge in [0.25, 0.3) is 0 Å². The Morgan fingerprint density at radius 1 is 0.917 bits per heavy atom. The van der Waals surface area contributed by atoms with Gasteiger partial charge in [0.05, 0.1) is 0 Å². The molecule has 4 rings (SSSR count). The van der Waals surface area contributed by atoms with Crippen LogP contribution in [0.5, 0.6) is 0 Å². The third-order valence-electron chi connectivity index (χ3n) is 5.54. The molecule has 3 heteroatoms. The van der Waals surface area contributed by atoms with E-state index in [0.717, 1.165) is 18.5 Å². The van der Waals surface area contributed by atoms with E-state index >= 15 is 0 Å². The number of halogens is 1. The topological polar surface area (TPSA) is 6.48 Å². The monoisotopic (exact) mass is 386 g/mol. The number of hydrogen-bond donors (Lipinski definition) is 0. The van der Waals surface area contributed by atoms with Crippen LogP contribution < -0.4 is 4.90 Å². The molecule has 24 heavy (non-hydrogen) atoms. The highest BCUT2D eigenvalue weighted by Gasteiger charge is 2.44. The van der Waals surface area contributed by atoms with Crippen LogP contribution in [-0.2, 0) is 0 Å². The summed E-state index contributed by atoms with van der Waals surface area (Å²) >= 11 is 0. The summed E-state index contributed by atoms with van der Waals surface area (Å²) in [6.45, 7) is 8.11. The molecule has 3 unspecified atom stereocenters. The predicted molar refractivity (Wildman–Crippen MR) is 107 cm³/mol. The molecule has 2 nitrogen and oxygen atoms in total. The average molecular weight is 387 g/mol. The molecule has 0 amide bonds. The second kappa shape index (κ2) is 7.28. The highest BCUT2D eigenvalue weighted by molar-refractivity contribution is 8.93. The van der Waals surface area contributed by atoms with Crippen molar-refractivity contribution in [3.63, 3.8) is 0 Å². The molecule has 1 aliphatic heterocycles. The molecule has 1 heterocycles. The number of para-hydroxylation sites is 1. The minimum absolute atomic E-state index is 0. The van der Waals surface area contributed by atoms with Crippen molar-refractivity contribution in [2.75, 3.05) is 24.5 Å². The number of aryl methyl sites for hydroxylation is 1. The van der Waals surface area contributed by atoms with E-state index in [0.29, 0.717) is 6.04 Å². The molecule has 2 aliphatic rings. The van der Waals surface area contributed by atoms with Crippen LogP contribution in [0.15, 0.2) is 54.6 Å². The predicted octanol–water partition coefficient (Wildman–Crippen LogP) is 4.64. The Balaban J connectivity index is 0.00000169. The van der Waals surface area contributed by atoms with Crippen molar-refractivity contribution >= 4 is 22.7 Å². The van der Waals surface area contributed by atoms with Gasteiger partial charge in [0.1, 0.15) is 0 Å². The molecule has 1 saturated heterocycles. The Bertz CT molecular complexity index is 673. The summed E-state index contributed by atoms with van der Waals surface area (Å²) in [4.78, 5) is 5.31. The SMILES string of the molecule is Br.Cc1ccccc1N1CCN(C2CC2c2ccccc2)CC1C. The fraction of sp³-hybridized carbons (Fsp3) is 0.429. The van der Waals surface area contributed by atoms with Gasteiger partial charge < -0.3 is 4.90 Å². The van der Waals surface area contributed by atoms with Crippen LogP contribution in [-0.4, -0.2) is 36.6 Å². The van der Waals surface area contributed by atoms with Gasteiger partial charge in [0.15, 0.2) is 0 Å². The lowest BCUT2D eigenvalue weighted by atomic mass is 10.1. The van der Waals surface area contributed by atoms with E-state index in [1.165, 1.54) is 36.3 Å². The number of nitrogens with zero attached hydrogens (tertiary/aromatic N) is 2. The summed E-state index contributed by atoms with van der Waals surface area (Å²) < 4.78 is 0. The van der Waals surface area contributed by atoms with Crippen LogP contribution in [0.25, 0.3) is 0 Å². The Hall–Kier alpha value is -1.32. The van der Waals surface area contributed by atoms with Gasteiger partial charge in [0, 0.05) is 43.3 Å². The molecule has 1 aliphatic carbocycles. The minimum atomic E-state index is 0. The molecule has 0 radical (unpaired) electrons. The quantitative estimate of drug-likeness (QED) is 0.757. The van der Waals surface area contributed by atoms with Crippen molar-refractivity contribution in [1.29, 1.82) is 0 Å². The summed E-state index contributed by atoms with van der Waals surface area (Å²) in [6.07, 6.45) is 1.33. The van der Waals surface area contributed by atoms with E-state index in [1.54, 1.807) is 0 Å². The maximum atomic E-state index is 2.72. The second-order valence-electron chi connectivity index (χ2n) is 7.14. The Morgan fingerprint density at radius 2 is 1.62 bits per heavy atom. The van der Waals surface area contributed by atoms with Crippen LogP contribution in [0.2, 0.25) is 0 Å². The fourth-order valence-electron chi connectivity index (χ4n) is 4.17. The number of piperazine rings is 1. The minimum Gasteiger partial charge on any atom is -0.366 e. The van der Waals surface area contributed by atoms with E-state index in [2.05, 4.69) is 78.2 Å². The van der Waals surface area contributed by atoms with Crippen LogP contribution in [0, 0.1) is 6.92 Å². The number of hydrogen-bond acceptors (Lipinski definition) is 2. The molecule has 0 bridgehead atoms. The van der Waals surface area contributed by atoms with E-state index in [4.69, 9.17) is 0 Å². The highest BCUT2D eigenvalue weighted by Crippen LogP contribution is 2.45. The molecule has 0 aromatic heterocycles. The van der Waals surface area contributed by atoms with E-state index in [9.17, 15) is 0 Å². The first-order chi connectivity index (χ1) is 11.2. The fourth-order valence-corrected chi connectivity index (χ4v) is 4.17. The van der Waals surface area contributed by atoms with Crippen LogP contribution >= 0.6 is 17.0 Å². The smallest absolute Gasteiger partial charge is 0.0399 e. The van der Waals surface area contributed by atoms with Gasteiger partial charge in [-0.05, 0) is 37.5 Å². The van der Waals surface area contributed by atoms with Crippen molar-refractivity contribution in [1.82, 2.24) is 4.90 Å². The van der Waals surface area contributed by atoms with Gasteiger partial charge >= 0.3 is 0 Å². The summed E-state index contributed by atoms with van der Waals surface area (Å²) in [5.41, 5.74) is 4.32. The zero-order chi connectivity index (χ0) is 15.8. The van der Waals surface area contributed by atoms with Gasteiger partial charge in [-0.1, -0.05) is 48.5 Å². The van der Waals surface area contributed by atoms with E-state index in [1.807, 2.05) is 0 Å². The maximum Gasteiger partial charge on any atom is 0.0399 e. The van der Waals surface area contributed by atoms with Crippen LogP contribution in [0.4, 0.5) is 5.69 Å². The van der Waals surface area contributed by atoms with Crippen molar-refractivity contribution in [3.8, 4) is 0 Å². The standard InChI is InChI=1S/C21H26N2.BrH/c1-16-8-6-7-11-20(16)23-13-12-22(15-17(23)2)21-14-19(21)18-9-4-3-5-10-18;/h3-11,17,19,21H,12-15H2,1-2H3;1H. The first kappa shape index (κ1) is 17.5. The molecular weight excluding hydrogens is 360 g/mol. The molecule has 1 saturated carbocycles. The summed E-state index contributed by atoms with van der Waals surface area (Å²) in [6, 6.07) is 21.2. The Labute approximate surface area is 156 Å². The van der Waals surface area contributed by atoms with Crippen molar-refractivity contribution in [2.45, 2.75) is 38.3 Å². The largest absolute Gasteiger partial charge is 0.366 e. The number of rotatable bonds is 3. The third-order valence-corrected chi connectivity index (χ3v) is 5.54. The Kier molecular flexibility index (Phi) is 5.31. The molecule has 3 atom stereocenters. The first-order valence-electron chi connectivity index (χ1n) is 8.85. The zero-order valence-electron chi connectivity index (χ0n) is 14.6. The number of benzene rings is 2. The van der Waals surface area contributed by atoms with Crippen LogP contribution in [0.3, 0.4) is 0 Å². The van der Waals surface area contributed by atoms with Crippen molar-refractivity contribution in [3.05, 3.63) is 65.7 Å². The molecule has 2 aromatic carbocycles. The second-order valence-corrected chi connectivity index (χ2v) is 7.14. The summed E-state index contributed by atoms with van der Waals surface area (Å²) in [5, 5.41) is 0. The number of anilines is 1. The Morgan fingerprint density at radius 3 is 2.33 bits per heavy atom. The maximum absolute atomic E-state index is 2.72. The zero-order valence-corrected chi connectivity index (χ0v) is 16.3. The lowest BCUT2D eigenvalue weighted by Crippen LogP contribution is -2.53. The summed E-state index contributed by atoms with van der Waals surface area (Å²) in [7, 11) is 0. The molecule has 2 fully saturated rings. The normalized spacial score (nSPS) is 26.8. The van der Waals surface area contributed by atoms with E-state index < -0.39 is 0 Å². The van der Waals surface area contributed by atoms with Gasteiger partial charge in [-0.25, -0.2) is 0 Å². The first-order valence-corrected chi connectivity index (χ1v) is 8.85. The van der Waals surface area contributed by atoms with Gasteiger partial charge in [-0.15, -0.1) is 17.0 Å². The molecule has 128 valence electrons. The van der Waals surface area contributed by atoms with Crippen molar-refractivity contribution < 1.29 is 0 Å². The lowest BCUT2D eigenvalue weighted by Gasteiger charge is -2.42.